The number of hydrogen-bond donors (Lipinski definition) is 0. The second-order valence-corrected chi connectivity index (χ2v) is 8.42. The van der Waals surface area contributed by atoms with E-state index < -0.39 is 7.82 Å². The fourth-order valence-corrected chi connectivity index (χ4v) is 4.14. The largest absolute Gasteiger partial charge is 1.00 e. The smallest absolute Gasteiger partial charge is 0.736 e. The fraction of sp³-hybridized carbons (Fsp3) is 0.208. The van der Waals surface area contributed by atoms with E-state index in [1.165, 1.54) is 18.2 Å². The minimum atomic E-state index is -4.59. The summed E-state index contributed by atoms with van der Waals surface area (Å²) in [7, 11) is -2.98. The van der Waals surface area contributed by atoms with Gasteiger partial charge in [0.05, 0.1) is 7.11 Å². The average Bonchev–Trinajstić information content (AvgIpc) is 2.72. The summed E-state index contributed by atoms with van der Waals surface area (Å²) in [4.78, 5) is 24.8. The van der Waals surface area contributed by atoms with E-state index >= 15 is 0 Å². The number of rotatable bonds is 9. The van der Waals surface area contributed by atoms with Crippen molar-refractivity contribution in [3.05, 3.63) is 89.0 Å². The molecule has 0 saturated carbocycles. The number of phosphoric ester groups is 1. The maximum Gasteiger partial charge on any atom is 1.00 e. The normalized spacial score (nSPS) is 12.2. The summed E-state index contributed by atoms with van der Waals surface area (Å²) in [6, 6.07) is 18.4. The second kappa shape index (κ2) is 11.7. The van der Waals surface area contributed by atoms with Gasteiger partial charge in [-0.3, -0.25) is 4.79 Å². The van der Waals surface area contributed by atoms with E-state index in [1.54, 1.807) is 37.4 Å². The Morgan fingerprint density at radius 2 is 1.50 bits per heavy atom. The molecular weight excluding hydrogens is 438 g/mol. The molecular formula is C24H24NaO6P. The molecule has 6 nitrogen and oxygen atoms in total. The summed E-state index contributed by atoms with van der Waals surface area (Å²) in [5.41, 5.74) is 3.23. The number of aryl methyl sites for hydroxylation is 3. The van der Waals surface area contributed by atoms with Gasteiger partial charge in [-0.1, -0.05) is 30.3 Å². The number of para-hydroxylation sites is 1. The van der Waals surface area contributed by atoms with Gasteiger partial charge in [0.15, 0.2) is 5.78 Å². The zero-order valence-electron chi connectivity index (χ0n) is 18.7. The first-order valence-corrected chi connectivity index (χ1v) is 11.3. The Hall–Kier alpha value is -2.08. The first-order chi connectivity index (χ1) is 14.8. The van der Waals surface area contributed by atoms with Crippen molar-refractivity contribution in [1.82, 2.24) is 0 Å². The van der Waals surface area contributed by atoms with Gasteiger partial charge in [0.25, 0.3) is 0 Å². The van der Waals surface area contributed by atoms with Gasteiger partial charge in [-0.15, -0.1) is 0 Å². The topological polar surface area (TPSA) is 84.9 Å². The number of carbonyl (C=O) groups excluding carboxylic acids is 1. The van der Waals surface area contributed by atoms with E-state index in [-0.39, 0.29) is 53.3 Å². The molecule has 0 amide bonds. The first-order valence-electron chi connectivity index (χ1n) is 9.80. The van der Waals surface area contributed by atoms with Gasteiger partial charge < -0.3 is 18.7 Å². The maximum atomic E-state index is 12.7. The van der Waals surface area contributed by atoms with Crippen LogP contribution >= 0.6 is 7.82 Å². The van der Waals surface area contributed by atoms with Gasteiger partial charge in [-0.25, -0.2) is 4.57 Å². The van der Waals surface area contributed by atoms with E-state index in [9.17, 15) is 14.3 Å². The zero-order chi connectivity index (χ0) is 22.4. The molecule has 3 aromatic carbocycles. The van der Waals surface area contributed by atoms with Crippen LogP contribution < -0.4 is 48.2 Å². The minimum absolute atomic E-state index is 0. The number of Topliss-reactive ketones (excluding diaryl/α,β-unsaturated/α-hetero) is 1. The van der Waals surface area contributed by atoms with Gasteiger partial charge in [0.1, 0.15) is 17.2 Å². The van der Waals surface area contributed by atoms with Crippen LogP contribution in [-0.2, 0) is 11.0 Å². The van der Waals surface area contributed by atoms with Crippen LogP contribution in [0.2, 0.25) is 0 Å². The van der Waals surface area contributed by atoms with Crippen molar-refractivity contribution in [2.24, 2.45) is 0 Å². The van der Waals surface area contributed by atoms with Crippen LogP contribution in [0.4, 0.5) is 0 Å². The van der Waals surface area contributed by atoms with E-state index in [4.69, 9.17) is 13.8 Å². The Labute approximate surface area is 210 Å². The molecule has 0 spiro atoms. The predicted molar refractivity (Wildman–Crippen MR) is 117 cm³/mol. The average molecular weight is 462 g/mol. The number of methoxy groups -OCH3 is 1. The van der Waals surface area contributed by atoms with Crippen molar-refractivity contribution in [2.45, 2.75) is 26.7 Å². The van der Waals surface area contributed by atoms with Crippen LogP contribution in [0, 0.1) is 13.8 Å². The molecule has 162 valence electrons. The molecule has 1 atom stereocenters. The van der Waals surface area contributed by atoms with Gasteiger partial charge in [0.2, 0.25) is 0 Å². The third-order valence-corrected chi connectivity index (χ3v) is 5.57. The Bertz CT molecular complexity index is 1090. The fourth-order valence-electron chi connectivity index (χ4n) is 3.35. The van der Waals surface area contributed by atoms with E-state index in [0.717, 1.165) is 22.4 Å². The molecule has 0 saturated heterocycles. The third-order valence-electron chi connectivity index (χ3n) is 4.70. The van der Waals surface area contributed by atoms with Crippen molar-refractivity contribution in [3.8, 4) is 17.2 Å². The summed E-state index contributed by atoms with van der Waals surface area (Å²) in [5, 5.41) is 0. The van der Waals surface area contributed by atoms with Crippen LogP contribution in [0.15, 0.2) is 66.7 Å². The molecule has 32 heavy (non-hydrogen) atoms. The van der Waals surface area contributed by atoms with E-state index in [1.807, 2.05) is 32.0 Å². The Balaban J connectivity index is 0.00000363. The molecule has 0 bridgehead atoms. The molecule has 3 rings (SSSR count). The van der Waals surface area contributed by atoms with Gasteiger partial charge in [-0.05, 0) is 73.4 Å². The number of hydrogen-bond acceptors (Lipinski definition) is 6. The SMILES string of the molecule is COc1c(C)cc(C(=O)CCc2cccc(OP(=O)([O-])Oc3ccccc3)c2)cc1C.[Na+]. The van der Waals surface area contributed by atoms with Crippen molar-refractivity contribution in [2.75, 3.05) is 7.11 Å². The molecule has 0 aliphatic carbocycles. The molecule has 0 heterocycles. The van der Waals surface area contributed by atoms with Crippen molar-refractivity contribution in [1.29, 1.82) is 0 Å². The maximum absolute atomic E-state index is 12.7. The molecule has 3 aromatic rings. The van der Waals surface area contributed by atoms with Crippen LogP contribution in [0.5, 0.6) is 17.2 Å². The Kier molecular flexibility index (Phi) is 9.56. The number of ether oxygens (including phenoxy) is 1. The molecule has 8 heteroatoms. The molecule has 0 aromatic heterocycles. The predicted octanol–water partition coefficient (Wildman–Crippen LogP) is 2.06. The summed E-state index contributed by atoms with van der Waals surface area (Å²) in [5.74, 6) is 1.09. The Morgan fingerprint density at radius 3 is 2.12 bits per heavy atom. The first kappa shape index (κ1) is 26.2. The summed E-state index contributed by atoms with van der Waals surface area (Å²) < 4.78 is 27.5. The minimum Gasteiger partial charge on any atom is -0.736 e. The number of benzene rings is 3. The summed E-state index contributed by atoms with van der Waals surface area (Å²) in [6.07, 6.45) is 0.729. The quantitative estimate of drug-likeness (QED) is 0.275. The molecule has 0 N–H and O–H groups in total. The third kappa shape index (κ3) is 7.22. The zero-order valence-corrected chi connectivity index (χ0v) is 21.6. The van der Waals surface area contributed by atoms with Crippen LogP contribution in [-0.4, -0.2) is 12.9 Å². The van der Waals surface area contributed by atoms with E-state index in [2.05, 4.69) is 0 Å². The molecule has 1 unspecified atom stereocenters. The molecule has 0 radical (unpaired) electrons. The van der Waals surface area contributed by atoms with Gasteiger partial charge in [-0.2, -0.15) is 0 Å². The van der Waals surface area contributed by atoms with Crippen LogP contribution in [0.1, 0.15) is 33.5 Å². The second-order valence-electron chi connectivity index (χ2n) is 7.16. The van der Waals surface area contributed by atoms with Crippen molar-refractivity contribution >= 4 is 13.6 Å². The molecule has 0 aliphatic rings. The summed E-state index contributed by atoms with van der Waals surface area (Å²) in [6.45, 7) is 3.81. The number of carbonyl (C=O) groups is 1. The van der Waals surface area contributed by atoms with E-state index in [0.29, 0.717) is 12.0 Å². The molecule has 0 aliphatic heterocycles. The standard InChI is InChI=1S/C24H25O6P.Na/c1-17-14-20(15-18(2)24(17)28-3)23(25)13-12-19-8-7-11-22(16-19)30-31(26,27)29-21-9-5-4-6-10-21;/h4-11,14-16H,12-13H2,1-3H3,(H,26,27);/q;+1/p-1. The number of phosphoric acid groups is 1. The van der Waals surface area contributed by atoms with Crippen LogP contribution in [0.25, 0.3) is 0 Å². The van der Waals surface area contributed by atoms with Crippen molar-refractivity contribution < 1.29 is 57.6 Å². The van der Waals surface area contributed by atoms with Crippen molar-refractivity contribution in [3.63, 3.8) is 0 Å². The van der Waals surface area contributed by atoms with Gasteiger partial charge in [0, 0.05) is 12.0 Å². The van der Waals surface area contributed by atoms with Gasteiger partial charge >= 0.3 is 37.4 Å². The molecule has 0 fully saturated rings. The summed E-state index contributed by atoms with van der Waals surface area (Å²) >= 11 is 0. The monoisotopic (exact) mass is 462 g/mol. The van der Waals surface area contributed by atoms with Crippen LogP contribution in [0.3, 0.4) is 0 Å². The Morgan fingerprint density at radius 1 is 0.906 bits per heavy atom. The number of ketones is 1.